The molecule has 4 rings (SSSR count). The summed E-state index contributed by atoms with van der Waals surface area (Å²) >= 11 is 0. The van der Waals surface area contributed by atoms with Gasteiger partial charge in [0, 0.05) is 57.6 Å². The number of nitrogens with zero attached hydrogens (tertiary/aromatic N) is 3. The minimum absolute atomic E-state index is 0.301. The summed E-state index contributed by atoms with van der Waals surface area (Å²) in [7, 11) is 0. The Bertz CT molecular complexity index is 544. The van der Waals surface area contributed by atoms with E-state index >= 15 is 0 Å². The normalized spacial score (nSPS) is 31.0. The number of fused-ring (bicyclic) bond motifs is 1. The molecule has 5 nitrogen and oxygen atoms in total. The van der Waals surface area contributed by atoms with E-state index in [4.69, 9.17) is 0 Å². The summed E-state index contributed by atoms with van der Waals surface area (Å²) < 4.78 is 0. The third-order valence-corrected chi connectivity index (χ3v) is 7.76. The van der Waals surface area contributed by atoms with E-state index in [9.17, 15) is 9.59 Å². The van der Waals surface area contributed by atoms with Gasteiger partial charge in [0.15, 0.2) is 0 Å². The average Bonchev–Trinajstić information content (AvgIpc) is 3.08. The van der Waals surface area contributed by atoms with Gasteiger partial charge in [-0.3, -0.25) is 14.5 Å². The molecule has 0 N–H and O–H groups in total. The highest BCUT2D eigenvalue weighted by molar-refractivity contribution is 5.78. The van der Waals surface area contributed by atoms with Crippen molar-refractivity contribution in [3.63, 3.8) is 0 Å². The molecule has 2 atom stereocenters. The van der Waals surface area contributed by atoms with Gasteiger partial charge in [0.05, 0.1) is 0 Å². The van der Waals surface area contributed by atoms with E-state index in [1.165, 1.54) is 58.0 Å². The third-order valence-electron chi connectivity index (χ3n) is 7.76. The monoisotopic (exact) mass is 389 g/mol. The van der Waals surface area contributed by atoms with Crippen LogP contribution in [0.25, 0.3) is 0 Å². The van der Waals surface area contributed by atoms with Gasteiger partial charge < -0.3 is 9.80 Å². The number of hydrogen-bond donors (Lipinski definition) is 0. The second-order valence-electron chi connectivity index (χ2n) is 9.57. The Morgan fingerprint density at radius 3 is 2.29 bits per heavy atom. The van der Waals surface area contributed by atoms with Crippen molar-refractivity contribution < 1.29 is 9.59 Å². The Morgan fingerprint density at radius 1 is 0.750 bits per heavy atom. The molecule has 4 fully saturated rings. The molecular weight excluding hydrogens is 350 g/mol. The van der Waals surface area contributed by atoms with Gasteiger partial charge >= 0.3 is 0 Å². The van der Waals surface area contributed by atoms with Crippen LogP contribution in [-0.2, 0) is 9.59 Å². The Balaban J connectivity index is 1.29. The smallest absolute Gasteiger partial charge is 0.222 e. The highest BCUT2D eigenvalue weighted by Crippen LogP contribution is 2.34. The summed E-state index contributed by atoms with van der Waals surface area (Å²) in [5.74, 6) is 1.31. The number of likely N-dealkylation sites (tertiary alicyclic amines) is 3. The average molecular weight is 390 g/mol. The Labute approximate surface area is 170 Å². The van der Waals surface area contributed by atoms with E-state index in [0.717, 1.165) is 57.8 Å². The van der Waals surface area contributed by atoms with E-state index in [1.807, 2.05) is 4.90 Å². The molecule has 3 heterocycles. The molecule has 3 aliphatic heterocycles. The van der Waals surface area contributed by atoms with Crippen LogP contribution in [0.1, 0.15) is 83.5 Å². The molecule has 0 unspecified atom stereocenters. The highest BCUT2D eigenvalue weighted by Gasteiger charge is 2.40. The molecule has 0 aromatic rings. The van der Waals surface area contributed by atoms with Crippen LogP contribution in [0.2, 0.25) is 0 Å². The number of rotatable bonds is 5. The van der Waals surface area contributed by atoms with Crippen LogP contribution in [0.4, 0.5) is 0 Å². The predicted molar refractivity (Wildman–Crippen MR) is 111 cm³/mol. The fourth-order valence-electron chi connectivity index (χ4n) is 6.17. The van der Waals surface area contributed by atoms with Crippen LogP contribution in [0.3, 0.4) is 0 Å². The van der Waals surface area contributed by atoms with E-state index in [2.05, 4.69) is 9.80 Å². The van der Waals surface area contributed by atoms with Gasteiger partial charge in [0.2, 0.25) is 11.8 Å². The zero-order valence-corrected chi connectivity index (χ0v) is 17.6. The maximum Gasteiger partial charge on any atom is 0.222 e. The van der Waals surface area contributed by atoms with Crippen molar-refractivity contribution in [3.05, 3.63) is 0 Å². The van der Waals surface area contributed by atoms with Crippen LogP contribution in [-0.4, -0.2) is 71.3 Å². The van der Waals surface area contributed by atoms with Crippen LogP contribution < -0.4 is 0 Å². The molecule has 0 bridgehead atoms. The first kappa shape index (κ1) is 20.2. The standard InChI is InChI=1S/C23H39N3O2/c27-22-10-6-14-24(22)15-7-16-26-21-13-17-25(18-19(21)11-12-23(26)28)20-8-4-2-1-3-5-9-20/h19-21H,1-18H2/t19-,21+/m1/s1. The molecule has 1 saturated carbocycles. The molecule has 0 aromatic carbocycles. The summed E-state index contributed by atoms with van der Waals surface area (Å²) in [6, 6.07) is 1.23. The molecule has 5 heteroatoms. The summed E-state index contributed by atoms with van der Waals surface area (Å²) in [5, 5.41) is 0. The van der Waals surface area contributed by atoms with Crippen molar-refractivity contribution in [2.45, 2.75) is 95.6 Å². The SMILES string of the molecule is O=C1CCCN1CCCN1C(=O)CC[C@@H]2CN(C3CCCCCCC3)CC[C@@H]21. The van der Waals surface area contributed by atoms with E-state index in [0.29, 0.717) is 30.2 Å². The van der Waals surface area contributed by atoms with Crippen molar-refractivity contribution in [2.24, 2.45) is 5.92 Å². The van der Waals surface area contributed by atoms with Gasteiger partial charge in [0.25, 0.3) is 0 Å². The van der Waals surface area contributed by atoms with Crippen LogP contribution in [0.15, 0.2) is 0 Å². The number of hydrogen-bond acceptors (Lipinski definition) is 3. The topological polar surface area (TPSA) is 43.9 Å². The summed E-state index contributed by atoms with van der Waals surface area (Å²) in [6.07, 6.45) is 15.4. The Morgan fingerprint density at radius 2 is 1.54 bits per heavy atom. The first-order valence-electron chi connectivity index (χ1n) is 12.0. The van der Waals surface area contributed by atoms with Crippen LogP contribution >= 0.6 is 0 Å². The summed E-state index contributed by atoms with van der Waals surface area (Å²) in [6.45, 7) is 4.94. The zero-order chi connectivity index (χ0) is 19.3. The van der Waals surface area contributed by atoms with Gasteiger partial charge in [-0.1, -0.05) is 32.1 Å². The van der Waals surface area contributed by atoms with Crippen LogP contribution in [0.5, 0.6) is 0 Å². The predicted octanol–water partition coefficient (Wildman–Crippen LogP) is 3.42. The molecule has 0 spiro atoms. The van der Waals surface area contributed by atoms with Crippen LogP contribution in [0, 0.1) is 5.92 Å². The molecule has 0 radical (unpaired) electrons. The largest absolute Gasteiger partial charge is 0.343 e. The first-order chi connectivity index (χ1) is 13.7. The lowest BCUT2D eigenvalue weighted by molar-refractivity contribution is -0.141. The maximum atomic E-state index is 12.6. The zero-order valence-electron chi connectivity index (χ0n) is 17.6. The lowest BCUT2D eigenvalue weighted by Crippen LogP contribution is -2.57. The second kappa shape index (κ2) is 9.60. The number of carbonyl (C=O) groups is 2. The Hall–Kier alpha value is -1.10. The Kier molecular flexibility index (Phi) is 6.92. The lowest BCUT2D eigenvalue weighted by atomic mass is 9.82. The first-order valence-corrected chi connectivity index (χ1v) is 12.0. The number of carbonyl (C=O) groups excluding carboxylic acids is 2. The van der Waals surface area contributed by atoms with E-state index in [-0.39, 0.29) is 0 Å². The van der Waals surface area contributed by atoms with Gasteiger partial charge in [0.1, 0.15) is 0 Å². The minimum Gasteiger partial charge on any atom is -0.343 e. The van der Waals surface area contributed by atoms with Gasteiger partial charge in [-0.15, -0.1) is 0 Å². The molecule has 0 aromatic heterocycles. The van der Waals surface area contributed by atoms with Gasteiger partial charge in [-0.2, -0.15) is 0 Å². The van der Waals surface area contributed by atoms with Gasteiger partial charge in [-0.05, 0) is 44.4 Å². The molecular formula is C23H39N3O2. The molecule has 1 aliphatic carbocycles. The summed E-state index contributed by atoms with van der Waals surface area (Å²) in [4.78, 5) is 31.4. The summed E-state index contributed by atoms with van der Waals surface area (Å²) in [5.41, 5.74) is 0. The molecule has 2 amide bonds. The van der Waals surface area contributed by atoms with Gasteiger partial charge in [-0.25, -0.2) is 0 Å². The second-order valence-corrected chi connectivity index (χ2v) is 9.57. The molecule has 158 valence electrons. The van der Waals surface area contributed by atoms with Crippen molar-refractivity contribution in [2.75, 3.05) is 32.7 Å². The van der Waals surface area contributed by atoms with Crippen molar-refractivity contribution in [1.82, 2.24) is 14.7 Å². The quantitative estimate of drug-likeness (QED) is 0.724. The highest BCUT2D eigenvalue weighted by atomic mass is 16.2. The lowest BCUT2D eigenvalue weighted by Gasteiger charge is -2.49. The fraction of sp³-hybridized carbons (Fsp3) is 0.913. The number of piperidine rings is 2. The third kappa shape index (κ3) is 4.72. The maximum absolute atomic E-state index is 12.6. The fourth-order valence-corrected chi connectivity index (χ4v) is 6.17. The van der Waals surface area contributed by atoms with E-state index in [1.54, 1.807) is 0 Å². The van der Waals surface area contributed by atoms with Crippen molar-refractivity contribution >= 4 is 11.8 Å². The van der Waals surface area contributed by atoms with E-state index < -0.39 is 0 Å². The minimum atomic E-state index is 0.301. The number of amides is 2. The molecule has 3 saturated heterocycles. The van der Waals surface area contributed by atoms with Crippen molar-refractivity contribution in [3.8, 4) is 0 Å². The molecule has 28 heavy (non-hydrogen) atoms. The molecule has 4 aliphatic rings. The van der Waals surface area contributed by atoms with Crippen molar-refractivity contribution in [1.29, 1.82) is 0 Å².